The maximum Gasteiger partial charge on any atom is 0.0644 e. The van der Waals surface area contributed by atoms with E-state index in [9.17, 15) is 5.11 Å². The largest absolute Gasteiger partial charge is 0.395 e. The van der Waals surface area contributed by atoms with Crippen LogP contribution in [0.4, 0.5) is 0 Å². The number of aliphatic hydroxyl groups is 2. The standard InChI is InChI=1S/C15H29N3O2/c1-11-13(12(2)18(16-11)7-8-19)9-17(6)14(10-20)15(3,4)5/h14,19-20H,7-10H2,1-6H3. The predicted molar refractivity (Wildman–Crippen MR) is 80.6 cm³/mol. The fourth-order valence-corrected chi connectivity index (χ4v) is 2.71. The Morgan fingerprint density at radius 2 is 1.85 bits per heavy atom. The first kappa shape index (κ1) is 17.1. The van der Waals surface area contributed by atoms with Crippen LogP contribution < -0.4 is 0 Å². The van der Waals surface area contributed by atoms with Gasteiger partial charge in [-0.3, -0.25) is 9.58 Å². The molecule has 1 aromatic rings. The van der Waals surface area contributed by atoms with Crippen LogP contribution in [-0.4, -0.2) is 51.2 Å². The zero-order valence-corrected chi connectivity index (χ0v) is 13.6. The van der Waals surface area contributed by atoms with Gasteiger partial charge in [0.1, 0.15) is 0 Å². The summed E-state index contributed by atoms with van der Waals surface area (Å²) in [7, 11) is 2.04. The minimum absolute atomic E-state index is 0.0202. The van der Waals surface area contributed by atoms with Gasteiger partial charge in [0.2, 0.25) is 0 Å². The van der Waals surface area contributed by atoms with Crippen molar-refractivity contribution in [3.8, 4) is 0 Å². The second kappa shape index (κ2) is 6.70. The molecule has 1 atom stereocenters. The third-order valence-electron chi connectivity index (χ3n) is 3.96. The van der Waals surface area contributed by atoms with Crippen LogP contribution in [-0.2, 0) is 13.1 Å². The van der Waals surface area contributed by atoms with Crippen LogP contribution in [0.5, 0.6) is 0 Å². The van der Waals surface area contributed by atoms with Crippen molar-refractivity contribution in [2.24, 2.45) is 5.41 Å². The van der Waals surface area contributed by atoms with Crippen molar-refractivity contribution in [3.05, 3.63) is 17.0 Å². The van der Waals surface area contributed by atoms with Gasteiger partial charge < -0.3 is 10.2 Å². The van der Waals surface area contributed by atoms with Crippen molar-refractivity contribution in [3.63, 3.8) is 0 Å². The van der Waals surface area contributed by atoms with Gasteiger partial charge in [-0.1, -0.05) is 20.8 Å². The van der Waals surface area contributed by atoms with Crippen LogP contribution in [0.15, 0.2) is 0 Å². The Hall–Kier alpha value is -0.910. The second-order valence-electron chi connectivity index (χ2n) is 6.58. The summed E-state index contributed by atoms with van der Waals surface area (Å²) in [5.74, 6) is 0. The second-order valence-corrected chi connectivity index (χ2v) is 6.58. The molecule has 0 aliphatic rings. The number of rotatable bonds is 6. The topological polar surface area (TPSA) is 61.5 Å². The van der Waals surface area contributed by atoms with E-state index in [0.29, 0.717) is 6.54 Å². The van der Waals surface area contributed by atoms with Gasteiger partial charge in [0.15, 0.2) is 0 Å². The van der Waals surface area contributed by atoms with E-state index >= 15 is 0 Å². The lowest BCUT2D eigenvalue weighted by molar-refractivity contribution is 0.0611. The molecule has 0 aliphatic carbocycles. The Morgan fingerprint density at radius 3 is 2.30 bits per heavy atom. The summed E-state index contributed by atoms with van der Waals surface area (Å²) in [6, 6.07) is 0.0995. The summed E-state index contributed by atoms with van der Waals surface area (Å²) in [5.41, 5.74) is 3.29. The molecule has 0 aromatic carbocycles. The Labute approximate surface area is 122 Å². The van der Waals surface area contributed by atoms with Gasteiger partial charge in [0.25, 0.3) is 0 Å². The van der Waals surface area contributed by atoms with Crippen LogP contribution in [0, 0.1) is 19.3 Å². The van der Waals surface area contributed by atoms with Crippen molar-refractivity contribution >= 4 is 0 Å². The van der Waals surface area contributed by atoms with Gasteiger partial charge in [0.05, 0.1) is 25.5 Å². The first-order valence-corrected chi connectivity index (χ1v) is 7.17. The summed E-state index contributed by atoms with van der Waals surface area (Å²) in [6.45, 7) is 12.0. The van der Waals surface area contributed by atoms with Gasteiger partial charge in [-0.2, -0.15) is 5.10 Å². The first-order valence-electron chi connectivity index (χ1n) is 7.17. The van der Waals surface area contributed by atoms with Crippen LogP contribution >= 0.6 is 0 Å². The molecule has 5 nitrogen and oxygen atoms in total. The molecule has 0 bridgehead atoms. The summed E-state index contributed by atoms with van der Waals surface area (Å²) >= 11 is 0. The van der Waals surface area contributed by atoms with E-state index in [0.717, 1.165) is 17.9 Å². The summed E-state index contributed by atoms with van der Waals surface area (Å²) < 4.78 is 1.85. The molecule has 1 rings (SSSR count). The van der Waals surface area contributed by atoms with Crippen LogP contribution in [0.1, 0.15) is 37.7 Å². The third-order valence-corrected chi connectivity index (χ3v) is 3.96. The molecular weight excluding hydrogens is 254 g/mol. The fourth-order valence-electron chi connectivity index (χ4n) is 2.71. The fraction of sp³-hybridized carbons (Fsp3) is 0.800. The average molecular weight is 283 g/mol. The maximum absolute atomic E-state index is 9.64. The molecular formula is C15H29N3O2. The highest BCUT2D eigenvalue weighted by molar-refractivity contribution is 5.24. The molecule has 1 unspecified atom stereocenters. The van der Waals surface area contributed by atoms with Crippen molar-refractivity contribution in [2.75, 3.05) is 20.3 Å². The van der Waals surface area contributed by atoms with E-state index in [1.807, 2.05) is 25.6 Å². The zero-order valence-electron chi connectivity index (χ0n) is 13.6. The van der Waals surface area contributed by atoms with E-state index < -0.39 is 0 Å². The van der Waals surface area contributed by atoms with E-state index in [1.54, 1.807) is 0 Å². The number of hydrogen-bond donors (Lipinski definition) is 2. The molecule has 1 aromatic heterocycles. The maximum atomic E-state index is 9.64. The summed E-state index contributed by atoms with van der Waals surface area (Å²) in [6.07, 6.45) is 0. The molecule has 2 N–H and O–H groups in total. The third kappa shape index (κ3) is 3.81. The van der Waals surface area contributed by atoms with Crippen LogP contribution in [0.25, 0.3) is 0 Å². The smallest absolute Gasteiger partial charge is 0.0644 e. The van der Waals surface area contributed by atoms with E-state index in [-0.39, 0.29) is 24.7 Å². The highest BCUT2D eigenvalue weighted by Crippen LogP contribution is 2.25. The van der Waals surface area contributed by atoms with Crippen LogP contribution in [0.2, 0.25) is 0 Å². The number of hydrogen-bond acceptors (Lipinski definition) is 4. The van der Waals surface area contributed by atoms with Gasteiger partial charge in [-0.05, 0) is 26.3 Å². The van der Waals surface area contributed by atoms with Crippen LogP contribution in [0.3, 0.4) is 0 Å². The molecule has 0 amide bonds. The Kier molecular flexibility index (Phi) is 5.74. The molecule has 0 saturated carbocycles. The first-order chi connectivity index (χ1) is 9.22. The van der Waals surface area contributed by atoms with E-state index in [4.69, 9.17) is 5.11 Å². The molecule has 1 heterocycles. The highest BCUT2D eigenvalue weighted by atomic mass is 16.3. The quantitative estimate of drug-likeness (QED) is 0.827. The highest BCUT2D eigenvalue weighted by Gasteiger charge is 2.28. The predicted octanol–water partition coefficient (Wildman–Crippen LogP) is 1.33. The lowest BCUT2D eigenvalue weighted by atomic mass is 9.86. The van der Waals surface area contributed by atoms with Gasteiger partial charge in [-0.15, -0.1) is 0 Å². The molecule has 0 fully saturated rings. The summed E-state index contributed by atoms with van der Waals surface area (Å²) in [5, 5.41) is 23.2. The van der Waals surface area contributed by atoms with Crippen molar-refractivity contribution in [1.82, 2.24) is 14.7 Å². The molecule has 0 aliphatic heterocycles. The van der Waals surface area contributed by atoms with E-state index in [1.165, 1.54) is 5.56 Å². The number of likely N-dealkylation sites (N-methyl/N-ethyl adjacent to an activating group) is 1. The normalized spacial score (nSPS) is 14.1. The lowest BCUT2D eigenvalue weighted by Crippen LogP contribution is -2.44. The van der Waals surface area contributed by atoms with Gasteiger partial charge in [0, 0.05) is 23.8 Å². The Morgan fingerprint density at radius 1 is 1.25 bits per heavy atom. The molecule has 0 radical (unpaired) electrons. The molecule has 0 saturated heterocycles. The van der Waals surface area contributed by atoms with Crippen molar-refractivity contribution < 1.29 is 10.2 Å². The van der Waals surface area contributed by atoms with Crippen molar-refractivity contribution in [1.29, 1.82) is 0 Å². The Bertz CT molecular complexity index is 435. The van der Waals surface area contributed by atoms with Gasteiger partial charge in [-0.25, -0.2) is 0 Å². The number of aromatic nitrogens is 2. The number of aryl methyl sites for hydroxylation is 1. The lowest BCUT2D eigenvalue weighted by Gasteiger charge is -2.36. The molecule has 20 heavy (non-hydrogen) atoms. The van der Waals surface area contributed by atoms with Crippen molar-refractivity contribution in [2.45, 2.75) is 53.8 Å². The summed E-state index contributed by atoms with van der Waals surface area (Å²) in [4.78, 5) is 2.18. The minimum atomic E-state index is 0.0202. The number of nitrogens with zero attached hydrogens (tertiary/aromatic N) is 3. The SMILES string of the molecule is Cc1nn(CCO)c(C)c1CN(C)C(CO)C(C)(C)C. The van der Waals surface area contributed by atoms with Gasteiger partial charge >= 0.3 is 0 Å². The number of aliphatic hydroxyl groups excluding tert-OH is 2. The molecule has 0 spiro atoms. The molecule has 116 valence electrons. The minimum Gasteiger partial charge on any atom is -0.395 e. The average Bonchev–Trinajstić information content (AvgIpc) is 2.56. The zero-order chi connectivity index (χ0) is 15.5. The van der Waals surface area contributed by atoms with E-state index in [2.05, 4.69) is 30.8 Å². The molecule has 5 heteroatoms. The monoisotopic (exact) mass is 283 g/mol. The Balaban J connectivity index is 2.93.